The standard InChI is InChI=1S/C13H17NO7S/c1-8(22(19,20)21)12(9-4-6-14-7-5-9)10(13(17)18)2-3-11(15)16/h4-8,10,12H,2-3H2,1H3,(H,15,16)(H,17,18)(H,19,20,21). The van der Waals surface area contributed by atoms with Crippen LogP contribution in [-0.2, 0) is 19.7 Å². The highest BCUT2D eigenvalue weighted by Gasteiger charge is 2.39. The summed E-state index contributed by atoms with van der Waals surface area (Å²) in [7, 11) is -4.50. The number of carbonyl (C=O) groups is 2. The van der Waals surface area contributed by atoms with E-state index in [9.17, 15) is 27.7 Å². The van der Waals surface area contributed by atoms with Crippen LogP contribution in [0.4, 0.5) is 0 Å². The van der Waals surface area contributed by atoms with E-state index in [0.717, 1.165) is 0 Å². The average Bonchev–Trinajstić information content (AvgIpc) is 2.42. The number of aliphatic carboxylic acids is 2. The fourth-order valence-corrected chi connectivity index (χ4v) is 3.05. The molecule has 0 amide bonds. The number of rotatable bonds is 8. The Labute approximate surface area is 127 Å². The fourth-order valence-electron chi connectivity index (χ4n) is 2.34. The smallest absolute Gasteiger partial charge is 0.307 e. The first-order valence-electron chi connectivity index (χ1n) is 6.45. The third-order valence-electron chi connectivity index (χ3n) is 3.49. The van der Waals surface area contributed by atoms with E-state index in [0.29, 0.717) is 5.56 Å². The van der Waals surface area contributed by atoms with Crippen LogP contribution in [-0.4, -0.2) is 45.4 Å². The van der Waals surface area contributed by atoms with Crippen LogP contribution >= 0.6 is 0 Å². The summed E-state index contributed by atoms with van der Waals surface area (Å²) in [6.07, 6.45) is 2.07. The van der Waals surface area contributed by atoms with Gasteiger partial charge in [-0.3, -0.25) is 19.1 Å². The first kappa shape index (κ1) is 18.1. The highest BCUT2D eigenvalue weighted by Crippen LogP contribution is 2.34. The Balaban J connectivity index is 3.27. The summed E-state index contributed by atoms with van der Waals surface area (Å²) in [5.74, 6) is -4.86. The van der Waals surface area contributed by atoms with Crippen LogP contribution < -0.4 is 0 Å². The van der Waals surface area contributed by atoms with Crippen LogP contribution in [0.15, 0.2) is 24.5 Å². The predicted octanol–water partition coefficient (Wildman–Crippen LogP) is 1.01. The van der Waals surface area contributed by atoms with Gasteiger partial charge in [-0.05, 0) is 31.0 Å². The summed E-state index contributed by atoms with van der Waals surface area (Å²) in [5.41, 5.74) is 0.359. The summed E-state index contributed by atoms with van der Waals surface area (Å²) >= 11 is 0. The van der Waals surface area contributed by atoms with Gasteiger partial charge in [0.15, 0.2) is 0 Å². The molecule has 0 aliphatic carbocycles. The second-order valence-corrected chi connectivity index (χ2v) is 6.68. The van der Waals surface area contributed by atoms with Crippen molar-refractivity contribution in [3.63, 3.8) is 0 Å². The van der Waals surface area contributed by atoms with E-state index in [1.807, 2.05) is 0 Å². The minimum atomic E-state index is -4.50. The molecule has 8 nitrogen and oxygen atoms in total. The van der Waals surface area contributed by atoms with Gasteiger partial charge in [0, 0.05) is 24.7 Å². The van der Waals surface area contributed by atoms with Crippen LogP contribution in [0.1, 0.15) is 31.2 Å². The largest absolute Gasteiger partial charge is 0.481 e. The average molecular weight is 331 g/mol. The zero-order valence-corrected chi connectivity index (χ0v) is 12.6. The van der Waals surface area contributed by atoms with Gasteiger partial charge in [-0.15, -0.1) is 0 Å². The number of hydrogen-bond acceptors (Lipinski definition) is 5. The van der Waals surface area contributed by atoms with Crippen molar-refractivity contribution >= 4 is 22.1 Å². The Morgan fingerprint density at radius 1 is 1.23 bits per heavy atom. The maximum absolute atomic E-state index is 11.5. The van der Waals surface area contributed by atoms with E-state index in [1.165, 1.54) is 31.5 Å². The molecule has 0 aliphatic heterocycles. The van der Waals surface area contributed by atoms with Crippen LogP contribution in [0.3, 0.4) is 0 Å². The first-order chi connectivity index (χ1) is 10.1. The molecule has 1 aromatic rings. The van der Waals surface area contributed by atoms with E-state index >= 15 is 0 Å². The van der Waals surface area contributed by atoms with Gasteiger partial charge in [0.25, 0.3) is 10.1 Å². The number of nitrogens with zero attached hydrogens (tertiary/aromatic N) is 1. The summed E-state index contributed by atoms with van der Waals surface area (Å²) < 4.78 is 32.2. The molecule has 9 heteroatoms. The molecule has 0 fully saturated rings. The van der Waals surface area contributed by atoms with Gasteiger partial charge >= 0.3 is 11.9 Å². The minimum Gasteiger partial charge on any atom is -0.481 e. The molecule has 0 aromatic carbocycles. The Kier molecular flexibility index (Phi) is 6.01. The number of aromatic nitrogens is 1. The quantitative estimate of drug-likeness (QED) is 0.599. The Bertz CT molecular complexity index is 629. The number of carboxylic acids is 2. The van der Waals surface area contributed by atoms with Crippen molar-refractivity contribution in [2.24, 2.45) is 5.92 Å². The van der Waals surface area contributed by atoms with Gasteiger partial charge in [-0.1, -0.05) is 0 Å². The molecular formula is C13H17NO7S. The molecule has 1 heterocycles. The molecule has 1 rings (SSSR count). The summed E-state index contributed by atoms with van der Waals surface area (Å²) in [4.78, 5) is 25.9. The van der Waals surface area contributed by atoms with Gasteiger partial charge in [-0.2, -0.15) is 8.42 Å². The van der Waals surface area contributed by atoms with Crippen molar-refractivity contribution in [1.29, 1.82) is 0 Å². The van der Waals surface area contributed by atoms with Gasteiger partial charge in [0.2, 0.25) is 0 Å². The van der Waals surface area contributed by atoms with Gasteiger partial charge < -0.3 is 10.2 Å². The number of hydrogen-bond donors (Lipinski definition) is 3. The normalized spacial score (nSPS) is 15.7. The molecule has 1 aromatic heterocycles. The number of pyridine rings is 1. The third-order valence-corrected chi connectivity index (χ3v) is 4.72. The number of carboxylic acid groups (broad SMARTS) is 2. The zero-order chi connectivity index (χ0) is 16.9. The second kappa shape index (κ2) is 7.32. The molecule has 22 heavy (non-hydrogen) atoms. The van der Waals surface area contributed by atoms with Crippen molar-refractivity contribution in [1.82, 2.24) is 4.98 Å². The molecule has 0 spiro atoms. The van der Waals surface area contributed by atoms with Crippen LogP contribution in [0.2, 0.25) is 0 Å². The van der Waals surface area contributed by atoms with Crippen LogP contribution in [0.5, 0.6) is 0 Å². The third kappa shape index (κ3) is 4.78. The van der Waals surface area contributed by atoms with Gasteiger partial charge in [0.1, 0.15) is 0 Å². The van der Waals surface area contributed by atoms with Crippen molar-refractivity contribution in [3.8, 4) is 0 Å². The highest BCUT2D eigenvalue weighted by molar-refractivity contribution is 7.86. The SMILES string of the molecule is CC(C(c1ccncc1)C(CCC(=O)O)C(=O)O)S(=O)(=O)O. The monoisotopic (exact) mass is 331 g/mol. The topological polar surface area (TPSA) is 142 Å². The molecule has 3 atom stereocenters. The lowest BCUT2D eigenvalue weighted by atomic mass is 9.81. The maximum atomic E-state index is 11.5. The molecule has 3 unspecified atom stereocenters. The molecule has 0 bridgehead atoms. The molecule has 0 radical (unpaired) electrons. The van der Waals surface area contributed by atoms with Crippen molar-refractivity contribution in [2.45, 2.75) is 30.9 Å². The molecule has 122 valence electrons. The molecule has 0 saturated heterocycles. The fraction of sp³-hybridized carbons (Fsp3) is 0.462. The Morgan fingerprint density at radius 3 is 2.18 bits per heavy atom. The van der Waals surface area contributed by atoms with Gasteiger partial charge in [0.05, 0.1) is 11.2 Å². The Morgan fingerprint density at radius 2 is 1.77 bits per heavy atom. The zero-order valence-electron chi connectivity index (χ0n) is 11.8. The summed E-state index contributed by atoms with van der Waals surface area (Å²) in [6.45, 7) is 1.19. The summed E-state index contributed by atoms with van der Waals surface area (Å²) in [5, 5.41) is 16.7. The highest BCUT2D eigenvalue weighted by atomic mass is 32.2. The predicted molar refractivity (Wildman–Crippen MR) is 76.0 cm³/mol. The maximum Gasteiger partial charge on any atom is 0.307 e. The lowest BCUT2D eigenvalue weighted by Gasteiger charge is -2.27. The minimum absolute atomic E-state index is 0.252. The summed E-state index contributed by atoms with van der Waals surface area (Å²) in [6, 6.07) is 2.89. The van der Waals surface area contributed by atoms with E-state index < -0.39 is 45.6 Å². The van der Waals surface area contributed by atoms with E-state index in [2.05, 4.69) is 4.98 Å². The first-order valence-corrected chi connectivity index (χ1v) is 7.95. The van der Waals surface area contributed by atoms with E-state index in [4.69, 9.17) is 5.11 Å². The molecule has 0 saturated carbocycles. The van der Waals surface area contributed by atoms with Crippen molar-refractivity contribution in [2.75, 3.05) is 0 Å². The van der Waals surface area contributed by atoms with Crippen LogP contribution in [0.25, 0.3) is 0 Å². The lowest BCUT2D eigenvalue weighted by Crippen LogP contribution is -2.34. The lowest BCUT2D eigenvalue weighted by molar-refractivity contribution is -0.143. The van der Waals surface area contributed by atoms with Crippen molar-refractivity contribution < 1.29 is 32.8 Å². The van der Waals surface area contributed by atoms with E-state index in [-0.39, 0.29) is 6.42 Å². The second-order valence-electron chi connectivity index (χ2n) is 4.90. The molecular weight excluding hydrogens is 314 g/mol. The van der Waals surface area contributed by atoms with Gasteiger partial charge in [-0.25, -0.2) is 0 Å². The van der Waals surface area contributed by atoms with E-state index in [1.54, 1.807) is 0 Å². The van der Waals surface area contributed by atoms with Crippen molar-refractivity contribution in [3.05, 3.63) is 30.1 Å². The Hall–Kier alpha value is -2.00. The molecule has 3 N–H and O–H groups in total. The molecule has 0 aliphatic rings. The van der Waals surface area contributed by atoms with Crippen LogP contribution in [0, 0.1) is 5.92 Å².